The molecule has 2 aromatic carbocycles. The molecule has 0 aliphatic carbocycles. The van der Waals surface area contributed by atoms with Crippen molar-refractivity contribution < 1.29 is 9.21 Å². The summed E-state index contributed by atoms with van der Waals surface area (Å²) in [5.41, 5.74) is 2.98. The number of hydrogen-bond donors (Lipinski definition) is 2. The first kappa shape index (κ1) is 18.4. The summed E-state index contributed by atoms with van der Waals surface area (Å²) in [5.74, 6) is 0.522. The number of carbonyl (C=O) groups excluding carboxylic acids is 1. The molecule has 0 aliphatic heterocycles. The average molecular weight is 406 g/mol. The van der Waals surface area contributed by atoms with Crippen molar-refractivity contribution in [3.8, 4) is 0 Å². The van der Waals surface area contributed by atoms with Crippen molar-refractivity contribution in [2.24, 2.45) is 5.10 Å². The van der Waals surface area contributed by atoms with Crippen LogP contribution in [0.1, 0.15) is 5.76 Å². The topological polar surface area (TPSA) is 66.6 Å². The van der Waals surface area contributed by atoms with E-state index in [0.29, 0.717) is 26.6 Å². The number of furan rings is 1. The molecule has 2 amide bonds. The lowest BCUT2D eigenvalue weighted by atomic mass is 10.3. The van der Waals surface area contributed by atoms with Gasteiger partial charge in [0.2, 0.25) is 0 Å². The molecular formula is C18H13Cl2N3O2S. The molecule has 0 atom stereocenters. The smallest absolute Gasteiger partial charge is 0.339 e. The van der Waals surface area contributed by atoms with E-state index in [1.807, 2.05) is 30.3 Å². The summed E-state index contributed by atoms with van der Waals surface area (Å²) < 4.78 is 5.63. The highest BCUT2D eigenvalue weighted by Gasteiger charge is 2.04. The van der Waals surface area contributed by atoms with Crippen LogP contribution in [0.2, 0.25) is 10.0 Å². The Morgan fingerprint density at radius 1 is 0.962 bits per heavy atom. The van der Waals surface area contributed by atoms with Gasteiger partial charge in [-0.25, -0.2) is 10.2 Å². The van der Waals surface area contributed by atoms with Gasteiger partial charge in [-0.3, -0.25) is 0 Å². The summed E-state index contributed by atoms with van der Waals surface area (Å²) in [6, 6.07) is 17.3. The number of anilines is 1. The van der Waals surface area contributed by atoms with Gasteiger partial charge in [-0.15, -0.1) is 0 Å². The number of halogens is 2. The minimum absolute atomic E-state index is 0.467. The van der Waals surface area contributed by atoms with Crippen molar-refractivity contribution in [2.45, 2.75) is 9.99 Å². The molecule has 0 spiro atoms. The van der Waals surface area contributed by atoms with Crippen LogP contribution in [0.5, 0.6) is 0 Å². The van der Waals surface area contributed by atoms with Crippen molar-refractivity contribution in [3.63, 3.8) is 0 Å². The number of urea groups is 1. The largest absolute Gasteiger partial charge is 0.448 e. The number of hydrazone groups is 1. The Bertz CT molecular complexity index is 909. The fraction of sp³-hybridized carbons (Fsp3) is 0. The van der Waals surface area contributed by atoms with E-state index in [2.05, 4.69) is 15.8 Å². The molecule has 2 N–H and O–H groups in total. The molecule has 1 aromatic heterocycles. The first-order valence-corrected chi connectivity index (χ1v) is 9.04. The van der Waals surface area contributed by atoms with E-state index in [4.69, 9.17) is 27.6 Å². The molecule has 1 heterocycles. The third-order valence-electron chi connectivity index (χ3n) is 3.09. The van der Waals surface area contributed by atoms with Crippen LogP contribution in [0.25, 0.3) is 0 Å². The molecule has 5 nitrogen and oxygen atoms in total. The first-order valence-electron chi connectivity index (χ1n) is 7.47. The van der Waals surface area contributed by atoms with E-state index < -0.39 is 6.03 Å². The third kappa shape index (κ3) is 5.56. The Kier molecular flexibility index (Phi) is 6.22. The molecule has 0 saturated carbocycles. The lowest BCUT2D eigenvalue weighted by molar-refractivity contribution is 0.252. The van der Waals surface area contributed by atoms with Crippen LogP contribution >= 0.6 is 35.0 Å². The van der Waals surface area contributed by atoms with Crippen molar-refractivity contribution in [1.82, 2.24) is 5.43 Å². The molecule has 0 bridgehead atoms. The number of hydrogen-bond acceptors (Lipinski definition) is 4. The van der Waals surface area contributed by atoms with Crippen molar-refractivity contribution in [1.29, 1.82) is 0 Å². The Morgan fingerprint density at radius 3 is 2.31 bits per heavy atom. The minimum Gasteiger partial charge on any atom is -0.448 e. The van der Waals surface area contributed by atoms with E-state index in [1.54, 1.807) is 30.3 Å². The number of nitrogens with one attached hydrogen (secondary N) is 2. The number of amides is 2. The first-order chi connectivity index (χ1) is 12.6. The van der Waals surface area contributed by atoms with Gasteiger partial charge in [0.05, 0.1) is 6.21 Å². The Balaban J connectivity index is 1.51. The zero-order valence-corrected chi connectivity index (χ0v) is 15.6. The second kappa shape index (κ2) is 8.80. The monoisotopic (exact) mass is 405 g/mol. The molecule has 3 rings (SSSR count). The van der Waals surface area contributed by atoms with Crippen LogP contribution in [0.3, 0.4) is 0 Å². The molecule has 0 fully saturated rings. The molecule has 0 unspecified atom stereocenters. The second-order valence-electron chi connectivity index (χ2n) is 5.04. The molecule has 0 saturated heterocycles. The van der Waals surface area contributed by atoms with E-state index in [1.165, 1.54) is 18.0 Å². The SMILES string of the molecule is O=C(N/N=C/c1ccc(Sc2ccc(Cl)cc2)o1)Nc1ccc(Cl)cc1. The highest BCUT2D eigenvalue weighted by molar-refractivity contribution is 7.99. The lowest BCUT2D eigenvalue weighted by Gasteiger charge is -2.03. The molecule has 0 radical (unpaired) electrons. The quantitative estimate of drug-likeness (QED) is 0.410. The van der Waals surface area contributed by atoms with Crippen LogP contribution in [-0.2, 0) is 0 Å². The Hall–Kier alpha value is -2.41. The summed E-state index contributed by atoms with van der Waals surface area (Å²) in [7, 11) is 0. The highest BCUT2D eigenvalue weighted by Crippen LogP contribution is 2.29. The van der Waals surface area contributed by atoms with Gasteiger partial charge in [-0.2, -0.15) is 5.10 Å². The van der Waals surface area contributed by atoms with E-state index in [0.717, 1.165) is 4.90 Å². The molecular weight excluding hydrogens is 393 g/mol. The maximum Gasteiger partial charge on any atom is 0.339 e. The summed E-state index contributed by atoms with van der Waals surface area (Å²) in [6.07, 6.45) is 1.42. The fourth-order valence-electron chi connectivity index (χ4n) is 1.92. The molecule has 8 heteroatoms. The Morgan fingerprint density at radius 2 is 1.62 bits per heavy atom. The maximum absolute atomic E-state index is 11.7. The summed E-state index contributed by atoms with van der Waals surface area (Å²) in [5, 5.41) is 8.47. The highest BCUT2D eigenvalue weighted by atomic mass is 35.5. The molecule has 132 valence electrons. The number of carbonyl (C=O) groups is 1. The predicted molar refractivity (Wildman–Crippen MR) is 105 cm³/mol. The van der Waals surface area contributed by atoms with E-state index in [9.17, 15) is 4.79 Å². The fourth-order valence-corrected chi connectivity index (χ4v) is 2.95. The molecule has 0 aliphatic rings. The number of rotatable bonds is 5. The van der Waals surface area contributed by atoms with Gasteiger partial charge >= 0.3 is 6.03 Å². The minimum atomic E-state index is -0.467. The van der Waals surface area contributed by atoms with Crippen LogP contribution < -0.4 is 10.7 Å². The molecule has 26 heavy (non-hydrogen) atoms. The van der Waals surface area contributed by atoms with Gasteiger partial charge in [0.25, 0.3) is 0 Å². The van der Waals surface area contributed by atoms with Gasteiger partial charge < -0.3 is 9.73 Å². The van der Waals surface area contributed by atoms with Gasteiger partial charge in [-0.05, 0) is 60.7 Å². The summed E-state index contributed by atoms with van der Waals surface area (Å²) >= 11 is 13.1. The zero-order valence-electron chi connectivity index (χ0n) is 13.3. The standard InChI is InChI=1S/C18H13Cl2N3O2S/c19-12-1-5-14(6-2-12)22-18(24)23-21-11-15-7-10-17(25-15)26-16-8-3-13(20)4-9-16/h1-11H,(H2,22,23,24)/b21-11+. The predicted octanol–water partition coefficient (Wildman–Crippen LogP) is 5.89. The van der Waals surface area contributed by atoms with Gasteiger partial charge in [0.1, 0.15) is 5.76 Å². The van der Waals surface area contributed by atoms with Gasteiger partial charge in [0, 0.05) is 20.6 Å². The van der Waals surface area contributed by atoms with E-state index >= 15 is 0 Å². The number of benzene rings is 2. The van der Waals surface area contributed by atoms with Crippen LogP contribution in [0, 0.1) is 0 Å². The van der Waals surface area contributed by atoms with Crippen LogP contribution in [-0.4, -0.2) is 12.2 Å². The zero-order chi connectivity index (χ0) is 18.4. The summed E-state index contributed by atoms with van der Waals surface area (Å²) in [6.45, 7) is 0. The second-order valence-corrected chi connectivity index (χ2v) is 6.99. The lowest BCUT2D eigenvalue weighted by Crippen LogP contribution is -2.24. The van der Waals surface area contributed by atoms with Crippen LogP contribution in [0.4, 0.5) is 10.5 Å². The van der Waals surface area contributed by atoms with Gasteiger partial charge in [0.15, 0.2) is 5.09 Å². The van der Waals surface area contributed by atoms with Crippen LogP contribution in [0.15, 0.2) is 80.2 Å². The van der Waals surface area contributed by atoms with Crippen molar-refractivity contribution >= 4 is 52.9 Å². The number of nitrogens with zero attached hydrogens (tertiary/aromatic N) is 1. The van der Waals surface area contributed by atoms with Crippen molar-refractivity contribution in [2.75, 3.05) is 5.32 Å². The molecule has 3 aromatic rings. The normalized spacial score (nSPS) is 10.8. The van der Waals surface area contributed by atoms with E-state index in [-0.39, 0.29) is 0 Å². The maximum atomic E-state index is 11.7. The Labute approximate surface area is 164 Å². The third-order valence-corrected chi connectivity index (χ3v) is 4.53. The van der Waals surface area contributed by atoms with Crippen molar-refractivity contribution in [3.05, 3.63) is 76.5 Å². The van der Waals surface area contributed by atoms with Gasteiger partial charge in [-0.1, -0.05) is 35.0 Å². The average Bonchev–Trinajstić information content (AvgIpc) is 3.06. The summed E-state index contributed by atoms with van der Waals surface area (Å²) in [4.78, 5) is 12.8.